The van der Waals surface area contributed by atoms with Gasteiger partial charge in [0.2, 0.25) is 0 Å². The van der Waals surface area contributed by atoms with E-state index in [0.29, 0.717) is 27.7 Å². The molecule has 0 radical (unpaired) electrons. The third kappa shape index (κ3) is 4.82. The van der Waals surface area contributed by atoms with Crippen LogP contribution in [0.25, 0.3) is 0 Å². The molecule has 0 aliphatic carbocycles. The zero-order valence-electron chi connectivity index (χ0n) is 16.2. The lowest BCUT2D eigenvalue weighted by atomic mass is 10.1. The van der Waals surface area contributed by atoms with Crippen LogP contribution in [0, 0.1) is 6.92 Å². The molecule has 0 N–H and O–H groups in total. The fourth-order valence-electron chi connectivity index (χ4n) is 2.75. The maximum absolute atomic E-state index is 13.3. The molecule has 0 fully saturated rings. The smallest absolute Gasteiger partial charge is 0.267 e. The van der Waals surface area contributed by atoms with Crippen molar-refractivity contribution in [3.05, 3.63) is 69.2 Å². The number of hydrogen-bond acceptors (Lipinski definition) is 2. The van der Waals surface area contributed by atoms with Gasteiger partial charge in [-0.3, -0.25) is 9.59 Å². The fourth-order valence-corrected chi connectivity index (χ4v) is 3.05. The van der Waals surface area contributed by atoms with Crippen molar-refractivity contribution in [2.45, 2.75) is 40.2 Å². The molecule has 2 rings (SSSR count). The fraction of sp³-hybridized carbons (Fsp3) is 0.333. The minimum absolute atomic E-state index is 0.235. The minimum Gasteiger partial charge on any atom is -0.267 e. The second-order valence-electron chi connectivity index (χ2n) is 7.30. The normalized spacial score (nSPS) is 11.2. The average Bonchev–Trinajstić information content (AvgIpc) is 2.60. The second-order valence-corrected chi connectivity index (χ2v) is 8.12. The summed E-state index contributed by atoms with van der Waals surface area (Å²) < 4.78 is 0. The van der Waals surface area contributed by atoms with Crippen molar-refractivity contribution in [2.24, 2.45) is 0 Å². The van der Waals surface area contributed by atoms with Gasteiger partial charge in [0.15, 0.2) is 0 Å². The Hall–Kier alpha value is -2.04. The van der Waals surface area contributed by atoms with Crippen molar-refractivity contribution < 1.29 is 9.59 Å². The van der Waals surface area contributed by atoms with Crippen molar-refractivity contribution in [2.75, 3.05) is 6.54 Å². The number of amides is 2. The highest BCUT2D eigenvalue weighted by Crippen LogP contribution is 2.26. The molecule has 2 aromatic carbocycles. The number of carbonyl (C=O) groups is 2. The summed E-state index contributed by atoms with van der Waals surface area (Å²) >= 11 is 12.0. The average molecular weight is 407 g/mol. The zero-order chi connectivity index (χ0) is 20.4. The number of halogens is 2. The first-order chi connectivity index (χ1) is 12.6. The lowest BCUT2D eigenvalue weighted by molar-refractivity contribution is -0.0410. The van der Waals surface area contributed by atoms with Gasteiger partial charge in [-0.15, -0.1) is 0 Å². The van der Waals surface area contributed by atoms with Crippen molar-refractivity contribution in [1.82, 2.24) is 10.0 Å². The molecule has 6 heteroatoms. The van der Waals surface area contributed by atoms with E-state index in [1.165, 1.54) is 16.1 Å². The highest BCUT2D eigenvalue weighted by Gasteiger charge is 2.35. The van der Waals surface area contributed by atoms with Crippen LogP contribution in [0.3, 0.4) is 0 Å². The van der Waals surface area contributed by atoms with Crippen LogP contribution in [-0.2, 0) is 0 Å². The van der Waals surface area contributed by atoms with Gasteiger partial charge < -0.3 is 0 Å². The molecule has 0 aliphatic heterocycles. The van der Waals surface area contributed by atoms with Crippen molar-refractivity contribution >= 4 is 35.0 Å². The lowest BCUT2D eigenvalue weighted by Crippen LogP contribution is -2.58. The molecule has 2 amide bonds. The summed E-state index contributed by atoms with van der Waals surface area (Å²) in [5.41, 5.74) is 1.34. The summed E-state index contributed by atoms with van der Waals surface area (Å²) in [7, 11) is 0. The first-order valence-corrected chi connectivity index (χ1v) is 9.50. The molecule has 27 heavy (non-hydrogen) atoms. The quantitative estimate of drug-likeness (QED) is 0.620. The van der Waals surface area contributed by atoms with Crippen molar-refractivity contribution in [3.8, 4) is 0 Å². The third-order valence-corrected chi connectivity index (χ3v) is 4.81. The summed E-state index contributed by atoms with van der Waals surface area (Å²) in [6.07, 6.45) is 0. The van der Waals surface area contributed by atoms with E-state index in [2.05, 4.69) is 0 Å². The number of benzene rings is 2. The molecule has 144 valence electrons. The van der Waals surface area contributed by atoms with E-state index in [0.717, 1.165) is 5.56 Å². The highest BCUT2D eigenvalue weighted by atomic mass is 35.5. The van der Waals surface area contributed by atoms with E-state index in [4.69, 9.17) is 23.2 Å². The summed E-state index contributed by atoms with van der Waals surface area (Å²) in [4.78, 5) is 26.4. The van der Waals surface area contributed by atoms with Crippen LogP contribution >= 0.6 is 23.2 Å². The van der Waals surface area contributed by atoms with Crippen LogP contribution in [0.5, 0.6) is 0 Å². The van der Waals surface area contributed by atoms with Gasteiger partial charge in [-0.25, -0.2) is 10.0 Å². The number of nitrogens with zero attached hydrogens (tertiary/aromatic N) is 2. The monoisotopic (exact) mass is 406 g/mol. The molecule has 0 saturated heterocycles. The molecule has 0 saturated carbocycles. The first kappa shape index (κ1) is 21.3. The number of carbonyl (C=O) groups excluding carboxylic acids is 2. The Morgan fingerprint density at radius 3 is 1.93 bits per heavy atom. The van der Waals surface area contributed by atoms with Gasteiger partial charge in [0.05, 0.1) is 15.6 Å². The topological polar surface area (TPSA) is 40.6 Å². The van der Waals surface area contributed by atoms with Gasteiger partial charge in [-0.2, -0.15) is 0 Å². The number of hydrazine groups is 1. The van der Waals surface area contributed by atoms with E-state index in [1.807, 2.05) is 46.8 Å². The molecule has 2 aromatic rings. The molecule has 0 spiro atoms. The van der Waals surface area contributed by atoms with Crippen molar-refractivity contribution in [3.63, 3.8) is 0 Å². The van der Waals surface area contributed by atoms with Crippen LogP contribution in [0.1, 0.15) is 54.0 Å². The Bertz CT molecular complexity index is 842. The molecule has 0 bridgehead atoms. The van der Waals surface area contributed by atoms with E-state index in [-0.39, 0.29) is 11.8 Å². The Kier molecular flexibility index (Phi) is 6.55. The predicted molar refractivity (Wildman–Crippen MR) is 110 cm³/mol. The van der Waals surface area contributed by atoms with Crippen LogP contribution < -0.4 is 0 Å². The number of rotatable bonds is 3. The minimum atomic E-state index is -0.625. The highest BCUT2D eigenvalue weighted by molar-refractivity contribution is 6.42. The lowest BCUT2D eigenvalue weighted by Gasteiger charge is -2.43. The SMILES string of the molecule is CCN(C(=O)c1ccc(C)cc1)N(C(=O)c1ccc(Cl)c(Cl)c1)C(C)(C)C. The molecule has 0 atom stereocenters. The molecule has 0 aromatic heterocycles. The third-order valence-electron chi connectivity index (χ3n) is 4.07. The van der Waals surface area contributed by atoms with Gasteiger partial charge in [-0.1, -0.05) is 40.9 Å². The van der Waals surface area contributed by atoms with E-state index in [9.17, 15) is 9.59 Å². The Morgan fingerprint density at radius 2 is 1.44 bits per heavy atom. The molecule has 0 heterocycles. The molecule has 4 nitrogen and oxygen atoms in total. The molecular formula is C21H24Cl2N2O2. The van der Waals surface area contributed by atoms with Gasteiger partial charge >= 0.3 is 0 Å². The van der Waals surface area contributed by atoms with Crippen LogP contribution in [-0.4, -0.2) is 33.9 Å². The second kappa shape index (κ2) is 8.32. The maximum Gasteiger partial charge on any atom is 0.273 e. The summed E-state index contributed by atoms with van der Waals surface area (Å²) in [6.45, 7) is 9.79. The zero-order valence-corrected chi connectivity index (χ0v) is 17.7. The van der Waals surface area contributed by atoms with Gasteiger partial charge in [0, 0.05) is 17.7 Å². The predicted octanol–water partition coefficient (Wildman–Crippen LogP) is 5.62. The standard InChI is InChI=1S/C21H24Cl2N2O2/c1-6-24(19(26)15-9-7-14(2)8-10-15)25(21(3,4)5)20(27)16-11-12-17(22)18(23)13-16/h7-13H,6H2,1-5H3. The maximum atomic E-state index is 13.3. The molecule has 0 unspecified atom stereocenters. The van der Waals surface area contributed by atoms with Gasteiger partial charge in [0.25, 0.3) is 11.8 Å². The van der Waals surface area contributed by atoms with Gasteiger partial charge in [0.1, 0.15) is 0 Å². The number of hydrogen-bond donors (Lipinski definition) is 0. The Balaban J connectivity index is 2.46. The Labute approximate surface area is 170 Å². The summed E-state index contributed by atoms with van der Waals surface area (Å²) in [5.74, 6) is -0.552. The number of aryl methyl sites for hydroxylation is 1. The summed E-state index contributed by atoms with van der Waals surface area (Å²) in [6, 6.07) is 12.0. The first-order valence-electron chi connectivity index (χ1n) is 8.74. The summed E-state index contributed by atoms with van der Waals surface area (Å²) in [5, 5.41) is 3.62. The molecule has 0 aliphatic rings. The Morgan fingerprint density at radius 1 is 0.889 bits per heavy atom. The van der Waals surface area contributed by atoms with Crippen LogP contribution in [0.15, 0.2) is 42.5 Å². The van der Waals surface area contributed by atoms with E-state index in [1.54, 1.807) is 24.3 Å². The van der Waals surface area contributed by atoms with Gasteiger partial charge in [-0.05, 0) is 65.0 Å². The van der Waals surface area contributed by atoms with E-state index < -0.39 is 5.54 Å². The molecular weight excluding hydrogens is 383 g/mol. The van der Waals surface area contributed by atoms with E-state index >= 15 is 0 Å². The van der Waals surface area contributed by atoms with Crippen molar-refractivity contribution in [1.29, 1.82) is 0 Å². The largest absolute Gasteiger partial charge is 0.273 e. The van der Waals surface area contributed by atoms with Crippen LogP contribution in [0.2, 0.25) is 10.0 Å². The van der Waals surface area contributed by atoms with Crippen LogP contribution in [0.4, 0.5) is 0 Å².